The van der Waals surface area contributed by atoms with Gasteiger partial charge in [0.1, 0.15) is 36.1 Å². The van der Waals surface area contributed by atoms with Crippen molar-refractivity contribution in [2.75, 3.05) is 33.0 Å². The van der Waals surface area contributed by atoms with Gasteiger partial charge in [-0.1, -0.05) is 0 Å². The highest BCUT2D eigenvalue weighted by Crippen LogP contribution is 2.27. The van der Waals surface area contributed by atoms with E-state index in [1.807, 2.05) is 0 Å². The zero-order valence-corrected chi connectivity index (χ0v) is 12.8. The smallest absolute Gasteiger partial charge is 0.186 e. The molecule has 0 aromatic carbocycles. The first-order valence-corrected chi connectivity index (χ1v) is 7.50. The van der Waals surface area contributed by atoms with Crippen LogP contribution < -0.4 is 0 Å². The van der Waals surface area contributed by atoms with Gasteiger partial charge in [-0.05, 0) is 0 Å². The predicted molar refractivity (Wildman–Crippen MR) is 73.5 cm³/mol. The average Bonchev–Trinajstić information content (AvgIpc) is 2.87. The van der Waals surface area contributed by atoms with Gasteiger partial charge >= 0.3 is 0 Å². The lowest BCUT2D eigenvalue weighted by Crippen LogP contribution is -2.59. The van der Waals surface area contributed by atoms with Crippen molar-refractivity contribution in [1.82, 2.24) is 0 Å². The molecule has 7 N–H and O–H groups in total. The van der Waals surface area contributed by atoms with E-state index in [1.165, 1.54) is 0 Å². The van der Waals surface area contributed by atoms with Crippen molar-refractivity contribution in [3.8, 4) is 0 Å². The van der Waals surface area contributed by atoms with Crippen molar-refractivity contribution < 1.29 is 54.7 Å². The highest BCUT2D eigenvalue weighted by molar-refractivity contribution is 4.94. The molecule has 24 heavy (non-hydrogen) atoms. The summed E-state index contributed by atoms with van der Waals surface area (Å²) in [7, 11) is 0. The third-order valence-corrected chi connectivity index (χ3v) is 4.05. The summed E-state index contributed by atoms with van der Waals surface area (Å²) in [6.07, 6.45) is -9.77. The fourth-order valence-corrected chi connectivity index (χ4v) is 2.49. The Bertz CT molecular complexity index is 396. The minimum atomic E-state index is -1.85. The monoisotopic (exact) mass is 356 g/mol. The second-order valence-electron chi connectivity index (χ2n) is 5.83. The van der Waals surface area contributed by atoms with E-state index >= 15 is 0 Å². The van der Waals surface area contributed by atoms with Crippen LogP contribution in [-0.2, 0) is 18.9 Å². The molecule has 0 bridgehead atoms. The molecule has 0 saturated carbocycles. The Morgan fingerprint density at radius 2 is 1.67 bits per heavy atom. The second kappa shape index (κ2) is 8.29. The Morgan fingerprint density at radius 3 is 2.25 bits per heavy atom. The minimum Gasteiger partial charge on any atom is -0.394 e. The summed E-state index contributed by atoms with van der Waals surface area (Å²) in [5.74, 6) is 0. The molecular formula is C13H24O11. The summed E-state index contributed by atoms with van der Waals surface area (Å²) in [5.41, 5.74) is -1.85. The van der Waals surface area contributed by atoms with Crippen molar-refractivity contribution in [3.63, 3.8) is 0 Å². The third kappa shape index (κ3) is 4.03. The largest absolute Gasteiger partial charge is 0.394 e. The Balaban J connectivity index is 1.91. The van der Waals surface area contributed by atoms with E-state index in [0.717, 1.165) is 0 Å². The van der Waals surface area contributed by atoms with Crippen molar-refractivity contribution >= 4 is 0 Å². The first kappa shape index (κ1) is 19.9. The summed E-state index contributed by atoms with van der Waals surface area (Å²) in [6.45, 7) is -1.89. The standard InChI is InChI=1S/C13H24O11/c14-1-2-21-11-9(18)8(17)7(16)6(24-11)3-22-12-10(19)13(20,4-15)5-23-12/h6-12,14-20H,1-5H2. The minimum absolute atomic E-state index is 0.147. The Hall–Kier alpha value is -0.440. The van der Waals surface area contributed by atoms with Crippen LogP contribution in [0.5, 0.6) is 0 Å². The van der Waals surface area contributed by atoms with Gasteiger partial charge in [0.05, 0.1) is 33.0 Å². The predicted octanol–water partition coefficient (Wildman–Crippen LogP) is -4.74. The van der Waals surface area contributed by atoms with Gasteiger partial charge in [-0.2, -0.15) is 0 Å². The molecule has 0 spiro atoms. The fourth-order valence-electron chi connectivity index (χ4n) is 2.49. The number of aliphatic hydroxyl groups excluding tert-OH is 6. The van der Waals surface area contributed by atoms with E-state index in [0.29, 0.717) is 0 Å². The van der Waals surface area contributed by atoms with Crippen molar-refractivity contribution in [2.45, 2.75) is 48.7 Å². The number of aliphatic hydroxyl groups is 7. The molecule has 0 aromatic heterocycles. The number of rotatable bonds is 7. The zero-order chi connectivity index (χ0) is 17.9. The van der Waals surface area contributed by atoms with Crippen LogP contribution in [0.4, 0.5) is 0 Å². The molecule has 0 aromatic rings. The van der Waals surface area contributed by atoms with Gasteiger partial charge in [-0.15, -0.1) is 0 Å². The molecule has 2 aliphatic heterocycles. The lowest BCUT2D eigenvalue weighted by Gasteiger charge is -2.40. The molecule has 2 fully saturated rings. The van der Waals surface area contributed by atoms with Gasteiger partial charge in [0, 0.05) is 0 Å². The van der Waals surface area contributed by atoms with Crippen LogP contribution in [0, 0.1) is 0 Å². The number of ether oxygens (including phenoxy) is 4. The lowest BCUT2D eigenvalue weighted by atomic mass is 9.99. The molecule has 8 unspecified atom stereocenters. The maximum atomic E-state index is 9.93. The van der Waals surface area contributed by atoms with E-state index in [9.17, 15) is 25.5 Å². The van der Waals surface area contributed by atoms with Crippen molar-refractivity contribution in [1.29, 1.82) is 0 Å². The first-order valence-electron chi connectivity index (χ1n) is 7.50. The average molecular weight is 356 g/mol. The third-order valence-electron chi connectivity index (χ3n) is 4.05. The molecule has 2 saturated heterocycles. The summed E-state index contributed by atoms with van der Waals surface area (Å²) in [4.78, 5) is 0. The van der Waals surface area contributed by atoms with Crippen LogP contribution in [-0.4, -0.2) is 117 Å². The lowest BCUT2D eigenvalue weighted by molar-refractivity contribution is -0.310. The van der Waals surface area contributed by atoms with Crippen molar-refractivity contribution in [3.05, 3.63) is 0 Å². The second-order valence-corrected chi connectivity index (χ2v) is 5.83. The van der Waals surface area contributed by atoms with Crippen LogP contribution in [0.2, 0.25) is 0 Å². The molecule has 8 atom stereocenters. The Kier molecular flexibility index (Phi) is 6.87. The van der Waals surface area contributed by atoms with Crippen molar-refractivity contribution in [2.24, 2.45) is 0 Å². The molecule has 11 heteroatoms. The summed E-state index contributed by atoms with van der Waals surface area (Å²) in [5, 5.41) is 67.0. The van der Waals surface area contributed by atoms with Crippen LogP contribution in [0.25, 0.3) is 0 Å². The topological polar surface area (TPSA) is 179 Å². The Labute approximate surface area is 137 Å². The molecular weight excluding hydrogens is 332 g/mol. The molecule has 2 aliphatic rings. The molecule has 142 valence electrons. The molecule has 2 rings (SSSR count). The zero-order valence-electron chi connectivity index (χ0n) is 12.8. The van der Waals surface area contributed by atoms with Gasteiger partial charge in [0.25, 0.3) is 0 Å². The summed E-state index contributed by atoms with van der Waals surface area (Å²) >= 11 is 0. The molecule has 11 nitrogen and oxygen atoms in total. The number of hydrogen-bond donors (Lipinski definition) is 7. The van der Waals surface area contributed by atoms with Crippen LogP contribution in [0.1, 0.15) is 0 Å². The summed E-state index contributed by atoms with van der Waals surface area (Å²) in [6, 6.07) is 0. The maximum Gasteiger partial charge on any atom is 0.186 e. The first-order chi connectivity index (χ1) is 11.3. The summed E-state index contributed by atoms with van der Waals surface area (Å²) < 4.78 is 20.6. The van der Waals surface area contributed by atoms with E-state index in [4.69, 9.17) is 29.2 Å². The van der Waals surface area contributed by atoms with Crippen LogP contribution in [0.15, 0.2) is 0 Å². The highest BCUT2D eigenvalue weighted by atomic mass is 16.7. The number of hydrogen-bond acceptors (Lipinski definition) is 11. The molecule has 0 radical (unpaired) electrons. The van der Waals surface area contributed by atoms with Crippen LogP contribution in [0.3, 0.4) is 0 Å². The SMILES string of the molecule is OCCOC1OC(COC2OCC(O)(CO)C2O)C(O)C(O)C1O. The van der Waals surface area contributed by atoms with Gasteiger partial charge in [-0.3, -0.25) is 0 Å². The van der Waals surface area contributed by atoms with E-state index in [1.54, 1.807) is 0 Å². The van der Waals surface area contributed by atoms with Gasteiger partial charge < -0.3 is 54.7 Å². The molecule has 0 aliphatic carbocycles. The van der Waals surface area contributed by atoms with Crippen LogP contribution >= 0.6 is 0 Å². The van der Waals surface area contributed by atoms with Gasteiger partial charge in [0.2, 0.25) is 0 Å². The maximum absolute atomic E-state index is 9.93. The fraction of sp³-hybridized carbons (Fsp3) is 1.00. The van der Waals surface area contributed by atoms with E-state index < -0.39 is 55.3 Å². The molecule has 2 heterocycles. The van der Waals surface area contributed by atoms with E-state index in [2.05, 4.69) is 0 Å². The van der Waals surface area contributed by atoms with Gasteiger partial charge in [0.15, 0.2) is 12.6 Å². The van der Waals surface area contributed by atoms with Gasteiger partial charge in [-0.25, -0.2) is 0 Å². The quantitative estimate of drug-likeness (QED) is 0.233. The Morgan fingerprint density at radius 1 is 0.958 bits per heavy atom. The molecule has 0 amide bonds. The normalized spacial score (nSPS) is 46.4. The van der Waals surface area contributed by atoms with E-state index in [-0.39, 0.29) is 26.4 Å². The highest BCUT2D eigenvalue weighted by Gasteiger charge is 2.50.